The van der Waals surface area contributed by atoms with Crippen LogP contribution in [0.15, 0.2) is 0 Å². The minimum absolute atomic E-state index is 0.0630. The number of carbonyl (C=O) groups is 8. The molecule has 0 aromatic heterocycles. The molecule has 7 atom stereocenters. The number of rotatable bonds is 28. The van der Waals surface area contributed by atoms with Gasteiger partial charge in [-0.2, -0.15) is 0 Å². The van der Waals surface area contributed by atoms with Crippen LogP contribution in [0.3, 0.4) is 0 Å². The molecular formula is C86H136O19. The summed E-state index contributed by atoms with van der Waals surface area (Å²) in [5.74, 6) is 7.99. The highest BCUT2D eigenvalue weighted by Crippen LogP contribution is 2.63. The standard InChI is InChI=1S/C23H36O5.C22H34O5.C22H36O5.C19H30O4/c1-3-22(2,21(25)28-20-6-4-5-7-26-20)14-19(24)27-15-23-11-16-8-17(12-23)10-18(9-16)13-23;1-3-22(2,21(24)27-19-6-4-5-7-25-19)13-18(23)26-20-16-9-14-8-15(11-16)12-17(20)10-14;1-5-21(4,20(24)27-15(3)25-6-2)13-19(23)26-14-22-10-16-7-17(11-22)9-18(8-16)12-22;1-4-18(2,17(21)22-3)11-16(20)23-12-19-8-13-5-14(9-19)7-15(6-13)10-19/h16-18,20H,3-15H2,1-2H3;14-17,19-20H,3-13H2,1-2H3;15-18H,5-14H2,1-4H3;13-15H,4-12H2,1-3H3. The van der Waals surface area contributed by atoms with Gasteiger partial charge in [-0.05, 0) is 318 Å². The molecule has 2 aliphatic heterocycles. The lowest BCUT2D eigenvalue weighted by molar-refractivity contribution is -0.200. The van der Waals surface area contributed by atoms with Crippen molar-refractivity contribution in [3.63, 3.8) is 0 Å². The van der Waals surface area contributed by atoms with Crippen LogP contribution < -0.4 is 0 Å². The number of esters is 8. The molecule has 19 nitrogen and oxygen atoms in total. The van der Waals surface area contributed by atoms with E-state index < -0.39 is 46.5 Å². The van der Waals surface area contributed by atoms with Crippen LogP contribution in [0.1, 0.15) is 307 Å². The SMILES string of the molecule is CCC(C)(CC(=O)OC1C2CC3CC(C2)CC1C3)C(=O)OC1CCCCO1.CCC(C)(CC(=O)OCC12CC3CC(CC(C3)C1)C2)C(=O)OC.CCC(C)(CC(=O)OCC12CC3CC(CC(C3)C1)C2)C(=O)OC1CCCCO1.CCOC(C)OC(=O)C(C)(CC)CC(=O)OCC12CC3CC(CC(C3)C1)C2. The smallest absolute Gasteiger partial charge is 0.314 e. The van der Waals surface area contributed by atoms with Gasteiger partial charge in [0.05, 0.1) is 87.5 Å². The molecule has 0 spiro atoms. The van der Waals surface area contributed by atoms with Gasteiger partial charge in [-0.15, -0.1) is 0 Å². The molecule has 0 aromatic carbocycles. The van der Waals surface area contributed by atoms with Crippen LogP contribution in [0.5, 0.6) is 0 Å². The van der Waals surface area contributed by atoms with Gasteiger partial charge in [-0.3, -0.25) is 38.4 Å². The average Bonchev–Trinajstić information content (AvgIpc) is 0.771. The van der Waals surface area contributed by atoms with E-state index in [1.54, 1.807) is 20.8 Å². The number of carbonyl (C=O) groups excluding carboxylic acids is 8. The molecule has 18 rings (SSSR count). The number of methoxy groups -OCH3 is 1. The van der Waals surface area contributed by atoms with Crippen molar-refractivity contribution in [1.29, 1.82) is 0 Å². The van der Waals surface area contributed by atoms with Gasteiger partial charge in [0, 0.05) is 35.7 Å². The second-order valence-corrected chi connectivity index (χ2v) is 38.3. The topological polar surface area (TPSA) is 238 Å². The third-order valence-corrected chi connectivity index (χ3v) is 29.4. The van der Waals surface area contributed by atoms with Crippen molar-refractivity contribution in [2.45, 2.75) is 332 Å². The highest BCUT2D eigenvalue weighted by Gasteiger charge is 2.56. The first-order chi connectivity index (χ1) is 50.0. The molecule has 594 valence electrons. The number of hydrogen-bond donors (Lipinski definition) is 0. The molecule has 16 aliphatic carbocycles. The van der Waals surface area contributed by atoms with Gasteiger partial charge < -0.3 is 52.1 Å². The van der Waals surface area contributed by atoms with Crippen LogP contribution in [0.4, 0.5) is 0 Å². The third kappa shape index (κ3) is 20.4. The Hall–Kier alpha value is -4.36. The van der Waals surface area contributed by atoms with Gasteiger partial charge in [0.1, 0.15) is 6.10 Å². The third-order valence-electron chi connectivity index (χ3n) is 29.4. The van der Waals surface area contributed by atoms with Gasteiger partial charge in [0.25, 0.3) is 0 Å². The van der Waals surface area contributed by atoms with E-state index in [9.17, 15) is 38.4 Å². The Morgan fingerprint density at radius 3 is 0.962 bits per heavy atom. The number of hydrogen-bond acceptors (Lipinski definition) is 19. The molecule has 7 unspecified atom stereocenters. The van der Waals surface area contributed by atoms with Gasteiger partial charge in [0.2, 0.25) is 12.6 Å². The van der Waals surface area contributed by atoms with Crippen LogP contribution in [-0.2, 0) is 90.5 Å². The van der Waals surface area contributed by atoms with E-state index >= 15 is 0 Å². The second kappa shape index (κ2) is 34.9. The van der Waals surface area contributed by atoms with Crippen LogP contribution in [0.2, 0.25) is 0 Å². The highest BCUT2D eigenvalue weighted by atomic mass is 16.7. The van der Waals surface area contributed by atoms with Crippen LogP contribution >= 0.6 is 0 Å². The molecular weight excluding hydrogens is 1340 g/mol. The molecule has 105 heavy (non-hydrogen) atoms. The quantitative estimate of drug-likeness (QED) is 0.0402. The molecule has 2 heterocycles. The van der Waals surface area contributed by atoms with Crippen molar-refractivity contribution in [1.82, 2.24) is 0 Å². The summed E-state index contributed by atoms with van der Waals surface area (Å²) >= 11 is 0. The second-order valence-electron chi connectivity index (χ2n) is 38.3. The minimum Gasteiger partial charge on any atom is -0.469 e. The Kier molecular flexibility index (Phi) is 27.1. The van der Waals surface area contributed by atoms with E-state index in [4.69, 9.17) is 52.1 Å². The normalized spacial score (nSPS) is 37.6. The zero-order valence-corrected chi connectivity index (χ0v) is 66.5. The largest absolute Gasteiger partial charge is 0.469 e. The molecule has 16 saturated carbocycles. The van der Waals surface area contributed by atoms with E-state index in [2.05, 4.69) is 0 Å². The van der Waals surface area contributed by atoms with Crippen molar-refractivity contribution in [2.24, 2.45) is 115 Å². The molecule has 16 bridgehead atoms. The lowest BCUT2D eigenvalue weighted by Gasteiger charge is -2.56. The Balaban J connectivity index is 0.000000140. The van der Waals surface area contributed by atoms with Crippen molar-refractivity contribution >= 4 is 47.8 Å². The summed E-state index contributed by atoms with van der Waals surface area (Å²) in [7, 11) is 1.37. The predicted molar refractivity (Wildman–Crippen MR) is 392 cm³/mol. The fourth-order valence-electron chi connectivity index (χ4n) is 24.1. The van der Waals surface area contributed by atoms with E-state index in [-0.39, 0.29) is 89.8 Å². The Bertz CT molecular complexity index is 2850. The fraction of sp³-hybridized carbons (Fsp3) is 0.907. The summed E-state index contributed by atoms with van der Waals surface area (Å²) in [6, 6.07) is 0. The van der Waals surface area contributed by atoms with Crippen LogP contribution in [0.25, 0.3) is 0 Å². The van der Waals surface area contributed by atoms with Gasteiger partial charge in [-0.25, -0.2) is 0 Å². The van der Waals surface area contributed by atoms with Crippen LogP contribution in [-0.4, -0.2) is 119 Å². The summed E-state index contributed by atoms with van der Waals surface area (Å²) in [6.45, 7) is 21.8. The molecule has 0 radical (unpaired) electrons. The highest BCUT2D eigenvalue weighted by molar-refractivity contribution is 5.85. The first kappa shape index (κ1) is 81.6. The van der Waals surface area contributed by atoms with E-state index in [0.29, 0.717) is 77.2 Å². The Labute approximate surface area is 628 Å². The van der Waals surface area contributed by atoms with Crippen molar-refractivity contribution in [3.05, 3.63) is 0 Å². The monoisotopic (exact) mass is 1470 g/mol. The summed E-state index contributed by atoms with van der Waals surface area (Å²) < 4.78 is 60.8. The first-order valence-electron chi connectivity index (χ1n) is 42.2. The van der Waals surface area contributed by atoms with Gasteiger partial charge in [0.15, 0.2) is 6.29 Å². The molecule has 18 fully saturated rings. The Morgan fingerprint density at radius 1 is 0.381 bits per heavy atom. The minimum atomic E-state index is -0.871. The fourth-order valence-corrected chi connectivity index (χ4v) is 24.1. The van der Waals surface area contributed by atoms with E-state index in [0.717, 1.165) is 104 Å². The zero-order valence-electron chi connectivity index (χ0n) is 66.5. The van der Waals surface area contributed by atoms with Gasteiger partial charge >= 0.3 is 47.8 Å². The summed E-state index contributed by atoms with van der Waals surface area (Å²) in [5.41, 5.74) is -2.68. The molecule has 0 amide bonds. The van der Waals surface area contributed by atoms with Crippen molar-refractivity contribution in [3.8, 4) is 0 Å². The summed E-state index contributed by atoms with van der Waals surface area (Å²) in [6.07, 6.45) is 36.3. The molecule has 19 heteroatoms. The molecule has 0 N–H and O–H groups in total. The molecule has 0 aromatic rings. The predicted octanol–water partition coefficient (Wildman–Crippen LogP) is 17.1. The maximum atomic E-state index is 12.7. The summed E-state index contributed by atoms with van der Waals surface area (Å²) in [5, 5.41) is 0. The lowest BCUT2D eigenvalue weighted by Crippen LogP contribution is -2.50. The summed E-state index contributed by atoms with van der Waals surface area (Å²) in [4.78, 5) is 100. The maximum absolute atomic E-state index is 12.7. The van der Waals surface area contributed by atoms with Crippen LogP contribution in [0, 0.1) is 115 Å². The van der Waals surface area contributed by atoms with E-state index in [1.807, 2.05) is 48.5 Å². The lowest BCUT2D eigenvalue weighted by atomic mass is 9.50. The maximum Gasteiger partial charge on any atom is 0.314 e. The molecule has 18 aliphatic rings. The number of ether oxygens (including phenoxy) is 11. The van der Waals surface area contributed by atoms with Crippen molar-refractivity contribution < 1.29 is 90.5 Å². The van der Waals surface area contributed by atoms with Gasteiger partial charge in [-0.1, -0.05) is 27.7 Å². The van der Waals surface area contributed by atoms with Crippen molar-refractivity contribution in [2.75, 3.05) is 46.8 Å². The first-order valence-corrected chi connectivity index (χ1v) is 42.2. The Morgan fingerprint density at radius 2 is 0.676 bits per heavy atom. The average molecular weight is 1470 g/mol. The molecule has 2 saturated heterocycles. The van der Waals surface area contributed by atoms with E-state index in [1.165, 1.54) is 155 Å². The zero-order chi connectivity index (χ0) is 75.1.